The van der Waals surface area contributed by atoms with Crippen LogP contribution >= 0.6 is 0 Å². The number of aliphatic hydroxyl groups excluding tert-OH is 1. The Balaban J connectivity index is 2.77. The Morgan fingerprint density at radius 3 is 2.76 bits per heavy atom. The third kappa shape index (κ3) is 2.76. The Bertz CT molecular complexity index is 350. The summed E-state index contributed by atoms with van der Waals surface area (Å²) in [5.41, 5.74) is 0.0137. The van der Waals surface area contributed by atoms with Crippen molar-refractivity contribution in [3.63, 3.8) is 0 Å². The molecule has 0 radical (unpaired) electrons. The zero-order valence-corrected chi connectivity index (χ0v) is 10.2. The first kappa shape index (κ1) is 13.5. The van der Waals surface area contributed by atoms with Gasteiger partial charge in [0.25, 0.3) is 5.91 Å². The molecule has 1 heterocycles. The molecular formula is C11H17NO5. The predicted molar refractivity (Wildman–Crippen MR) is 59.3 cm³/mol. The Hall–Kier alpha value is -1.56. The second-order valence-electron chi connectivity index (χ2n) is 3.79. The van der Waals surface area contributed by atoms with Gasteiger partial charge in [-0.3, -0.25) is 4.79 Å². The Morgan fingerprint density at radius 2 is 2.24 bits per heavy atom. The summed E-state index contributed by atoms with van der Waals surface area (Å²) in [6.45, 7) is 4.06. The van der Waals surface area contributed by atoms with Crippen LogP contribution < -0.4 is 0 Å². The van der Waals surface area contributed by atoms with E-state index in [9.17, 15) is 14.7 Å². The lowest BCUT2D eigenvalue weighted by Gasteiger charge is -2.23. The van der Waals surface area contributed by atoms with E-state index in [-0.39, 0.29) is 24.8 Å². The van der Waals surface area contributed by atoms with E-state index in [4.69, 9.17) is 9.47 Å². The molecule has 0 aromatic heterocycles. The van der Waals surface area contributed by atoms with Crippen molar-refractivity contribution < 1.29 is 24.2 Å². The molecule has 6 nitrogen and oxygen atoms in total. The van der Waals surface area contributed by atoms with Gasteiger partial charge in [0, 0.05) is 7.11 Å². The number of esters is 1. The predicted octanol–water partition coefficient (Wildman–Crippen LogP) is 0.239. The molecule has 96 valence electrons. The van der Waals surface area contributed by atoms with Crippen LogP contribution in [0.2, 0.25) is 0 Å². The molecule has 1 amide bonds. The van der Waals surface area contributed by atoms with Crippen LogP contribution in [0.25, 0.3) is 0 Å². The lowest BCUT2D eigenvalue weighted by Crippen LogP contribution is -2.38. The highest BCUT2D eigenvalue weighted by molar-refractivity contribution is 6.05. The number of hydrogen-bond donors (Lipinski definition) is 1. The Morgan fingerprint density at radius 1 is 1.59 bits per heavy atom. The van der Waals surface area contributed by atoms with Gasteiger partial charge in [0.15, 0.2) is 5.76 Å². The first-order valence-corrected chi connectivity index (χ1v) is 5.42. The maximum Gasteiger partial charge on any atom is 0.339 e. The quantitative estimate of drug-likeness (QED) is 0.700. The average Bonchev–Trinajstić information content (AvgIpc) is 2.57. The monoisotopic (exact) mass is 243 g/mol. The van der Waals surface area contributed by atoms with E-state index in [1.54, 1.807) is 13.8 Å². The Labute approximate surface area is 99.8 Å². The van der Waals surface area contributed by atoms with Crippen LogP contribution in [0.1, 0.15) is 13.8 Å². The minimum absolute atomic E-state index is 0.0137. The second kappa shape index (κ2) is 5.67. The fraction of sp³-hybridized carbons (Fsp3) is 0.636. The van der Waals surface area contributed by atoms with Gasteiger partial charge in [-0.15, -0.1) is 0 Å². The van der Waals surface area contributed by atoms with Gasteiger partial charge >= 0.3 is 5.97 Å². The molecule has 1 aliphatic heterocycles. The molecule has 0 saturated carbocycles. The summed E-state index contributed by atoms with van der Waals surface area (Å²) in [5, 5.41) is 9.59. The van der Waals surface area contributed by atoms with Crippen molar-refractivity contribution in [2.45, 2.75) is 19.9 Å². The van der Waals surface area contributed by atoms with E-state index < -0.39 is 17.6 Å². The van der Waals surface area contributed by atoms with Gasteiger partial charge < -0.3 is 19.5 Å². The third-order valence-corrected chi connectivity index (χ3v) is 2.54. The summed E-state index contributed by atoms with van der Waals surface area (Å²) < 4.78 is 9.70. The fourth-order valence-corrected chi connectivity index (χ4v) is 1.65. The smallest absolute Gasteiger partial charge is 0.339 e. The highest BCUT2D eigenvalue weighted by atomic mass is 16.5. The van der Waals surface area contributed by atoms with Gasteiger partial charge in [0.1, 0.15) is 5.57 Å². The molecular weight excluding hydrogens is 226 g/mol. The molecule has 0 fully saturated rings. The summed E-state index contributed by atoms with van der Waals surface area (Å²) in [4.78, 5) is 24.6. The molecule has 0 aromatic rings. The van der Waals surface area contributed by atoms with Crippen molar-refractivity contribution in [3.8, 4) is 0 Å². The fourth-order valence-electron chi connectivity index (χ4n) is 1.65. The van der Waals surface area contributed by atoms with Crippen LogP contribution in [0.5, 0.6) is 0 Å². The van der Waals surface area contributed by atoms with E-state index in [1.165, 1.54) is 12.0 Å². The maximum atomic E-state index is 11.7. The van der Waals surface area contributed by atoms with Crippen LogP contribution in [-0.4, -0.2) is 54.8 Å². The molecule has 1 rings (SSSR count). The summed E-state index contributed by atoms with van der Waals surface area (Å²) >= 11 is 0. The minimum Gasteiger partial charge on any atom is -0.503 e. The molecule has 1 aliphatic rings. The van der Waals surface area contributed by atoms with Gasteiger partial charge in [-0.1, -0.05) is 0 Å². The van der Waals surface area contributed by atoms with Crippen molar-refractivity contribution >= 4 is 11.9 Å². The number of carbonyl (C=O) groups excluding carboxylic acids is 2. The highest BCUT2D eigenvalue weighted by Crippen LogP contribution is 2.20. The van der Waals surface area contributed by atoms with Crippen molar-refractivity contribution in [3.05, 3.63) is 11.3 Å². The van der Waals surface area contributed by atoms with Gasteiger partial charge in [0.05, 0.1) is 25.8 Å². The molecule has 0 saturated heterocycles. The normalized spacial score (nSPS) is 17.6. The lowest BCUT2D eigenvalue weighted by atomic mass is 10.2. The number of rotatable bonds is 5. The van der Waals surface area contributed by atoms with Gasteiger partial charge in [-0.25, -0.2) is 4.79 Å². The first-order valence-electron chi connectivity index (χ1n) is 5.42. The Kier molecular flexibility index (Phi) is 4.51. The van der Waals surface area contributed by atoms with E-state index in [0.29, 0.717) is 6.61 Å². The second-order valence-corrected chi connectivity index (χ2v) is 3.79. The summed E-state index contributed by atoms with van der Waals surface area (Å²) in [7, 11) is 1.52. The number of aliphatic hydroxyl groups is 1. The van der Waals surface area contributed by atoms with E-state index in [2.05, 4.69) is 0 Å². The number of hydrogen-bond acceptors (Lipinski definition) is 5. The molecule has 17 heavy (non-hydrogen) atoms. The largest absolute Gasteiger partial charge is 0.503 e. The van der Waals surface area contributed by atoms with Gasteiger partial charge in [-0.05, 0) is 13.8 Å². The molecule has 0 aromatic carbocycles. The van der Waals surface area contributed by atoms with Crippen LogP contribution in [-0.2, 0) is 19.1 Å². The molecule has 1 atom stereocenters. The molecule has 0 spiro atoms. The molecule has 0 bridgehead atoms. The molecule has 6 heteroatoms. The minimum atomic E-state index is -0.648. The van der Waals surface area contributed by atoms with E-state index in [0.717, 1.165) is 0 Å². The van der Waals surface area contributed by atoms with Crippen LogP contribution in [0.4, 0.5) is 0 Å². The van der Waals surface area contributed by atoms with Crippen LogP contribution in [0.3, 0.4) is 0 Å². The number of carbonyl (C=O) groups is 2. The summed E-state index contributed by atoms with van der Waals surface area (Å²) in [5.74, 6) is -1.73. The SMILES string of the molecule is CCOC(=O)C1=C(O)C(=O)N([C@H](C)COC)C1. The number of nitrogens with zero attached hydrogens (tertiary/aromatic N) is 1. The number of ether oxygens (including phenoxy) is 2. The van der Waals surface area contributed by atoms with Gasteiger partial charge in [-0.2, -0.15) is 0 Å². The van der Waals surface area contributed by atoms with E-state index in [1.807, 2.05) is 0 Å². The van der Waals surface area contributed by atoms with Crippen LogP contribution in [0.15, 0.2) is 11.3 Å². The highest BCUT2D eigenvalue weighted by Gasteiger charge is 2.37. The first-order chi connectivity index (χ1) is 8.02. The lowest BCUT2D eigenvalue weighted by molar-refractivity contribution is -0.138. The van der Waals surface area contributed by atoms with Crippen LogP contribution in [0, 0.1) is 0 Å². The molecule has 0 unspecified atom stereocenters. The summed E-state index contributed by atoms with van der Waals surface area (Å²) in [6.07, 6.45) is 0. The van der Waals surface area contributed by atoms with Crippen molar-refractivity contribution in [2.75, 3.05) is 26.9 Å². The third-order valence-electron chi connectivity index (χ3n) is 2.54. The number of methoxy groups -OCH3 is 1. The number of amides is 1. The zero-order chi connectivity index (χ0) is 13.0. The average molecular weight is 243 g/mol. The summed E-state index contributed by atoms with van der Waals surface area (Å²) in [6, 6.07) is -0.207. The van der Waals surface area contributed by atoms with Gasteiger partial charge in [0.2, 0.25) is 0 Å². The van der Waals surface area contributed by atoms with Crippen molar-refractivity contribution in [1.82, 2.24) is 4.90 Å². The van der Waals surface area contributed by atoms with Crippen molar-refractivity contribution in [1.29, 1.82) is 0 Å². The zero-order valence-electron chi connectivity index (χ0n) is 10.2. The van der Waals surface area contributed by atoms with E-state index >= 15 is 0 Å². The maximum absolute atomic E-state index is 11.7. The topological polar surface area (TPSA) is 76.1 Å². The molecule has 1 N–H and O–H groups in total. The molecule has 0 aliphatic carbocycles. The standard InChI is InChI=1S/C11H17NO5/c1-4-17-11(15)8-5-12(7(2)6-16-3)10(14)9(8)13/h7,13H,4-6H2,1-3H3/t7-/m1/s1. The van der Waals surface area contributed by atoms with Crippen molar-refractivity contribution in [2.24, 2.45) is 0 Å².